The number of carbonyl (C=O) groups excluding carboxylic acids is 2. The van der Waals surface area contributed by atoms with Crippen LogP contribution in [0.3, 0.4) is 0 Å². The minimum atomic E-state index is -5.02. The number of nitrogens with one attached hydrogen (secondary N) is 1. The minimum absolute atomic E-state index is 0.0788. The van der Waals surface area contributed by atoms with Crippen LogP contribution >= 0.6 is 0 Å². The number of amides is 1. The molecule has 1 aliphatic heterocycles. The maximum atomic E-state index is 13.2. The van der Waals surface area contributed by atoms with E-state index < -0.39 is 62.2 Å². The molecule has 11 heteroatoms. The van der Waals surface area contributed by atoms with Gasteiger partial charge >= 0.3 is 18.4 Å². The van der Waals surface area contributed by atoms with Crippen molar-refractivity contribution < 1.29 is 40.7 Å². The monoisotopic (exact) mass is 336 g/mol. The number of likely N-dealkylation sites (tertiary alicyclic amines) is 1. The van der Waals surface area contributed by atoms with Gasteiger partial charge in [0, 0.05) is 13.1 Å². The van der Waals surface area contributed by atoms with Gasteiger partial charge in [0.05, 0.1) is 7.11 Å². The Morgan fingerprint density at radius 3 is 2.00 bits per heavy atom. The Morgan fingerprint density at radius 1 is 1.14 bits per heavy atom. The van der Waals surface area contributed by atoms with Gasteiger partial charge in [0.1, 0.15) is 12.0 Å². The molecule has 0 bridgehead atoms. The largest absolute Gasteiger partial charge is 0.468 e. The van der Waals surface area contributed by atoms with Crippen molar-refractivity contribution in [3.8, 4) is 0 Å². The van der Waals surface area contributed by atoms with Crippen LogP contribution in [0.2, 0.25) is 0 Å². The summed E-state index contributed by atoms with van der Waals surface area (Å²) in [5.41, 5.74) is -2.94. The highest BCUT2D eigenvalue weighted by Crippen LogP contribution is 2.47. The third-order valence-corrected chi connectivity index (χ3v) is 3.57. The van der Waals surface area contributed by atoms with E-state index in [4.69, 9.17) is 0 Å². The summed E-state index contributed by atoms with van der Waals surface area (Å²) in [7, 11) is 0.982. The standard InChI is InChI=1S/C11H14F6N2O3/c1-22-7(20)6-18-8(21)9(10(12,13)14)2-4-19(5-3-9)11(15,16)17/h2-6H2,1H3,(H,18,21). The molecule has 1 saturated heterocycles. The van der Waals surface area contributed by atoms with Crippen LogP contribution < -0.4 is 5.32 Å². The number of halogens is 6. The molecule has 0 aromatic rings. The van der Waals surface area contributed by atoms with E-state index in [9.17, 15) is 35.9 Å². The minimum Gasteiger partial charge on any atom is -0.468 e. The Balaban J connectivity index is 2.87. The van der Waals surface area contributed by atoms with Crippen LogP contribution in [0.5, 0.6) is 0 Å². The van der Waals surface area contributed by atoms with Gasteiger partial charge in [-0.05, 0) is 12.8 Å². The van der Waals surface area contributed by atoms with Crippen LogP contribution in [-0.4, -0.2) is 56.0 Å². The van der Waals surface area contributed by atoms with Crippen LogP contribution in [0.4, 0.5) is 26.3 Å². The zero-order valence-electron chi connectivity index (χ0n) is 11.5. The van der Waals surface area contributed by atoms with Gasteiger partial charge in [0.2, 0.25) is 5.91 Å². The molecule has 0 radical (unpaired) electrons. The van der Waals surface area contributed by atoms with E-state index in [2.05, 4.69) is 4.74 Å². The van der Waals surface area contributed by atoms with Crippen molar-refractivity contribution in [2.24, 2.45) is 5.41 Å². The Labute approximate surface area is 121 Å². The normalized spacial score (nSPS) is 19.6. The summed E-state index contributed by atoms with van der Waals surface area (Å²) in [6, 6.07) is 0. The quantitative estimate of drug-likeness (QED) is 0.481. The SMILES string of the molecule is COC(=O)CNC(=O)C1(C(F)(F)F)CCN(C(F)(F)F)CC1. The molecular weight excluding hydrogens is 322 g/mol. The molecule has 5 nitrogen and oxygen atoms in total. The summed E-state index contributed by atoms with van der Waals surface area (Å²) < 4.78 is 81.2. The van der Waals surface area contributed by atoms with E-state index in [0.717, 1.165) is 7.11 Å². The van der Waals surface area contributed by atoms with Gasteiger partial charge in [-0.1, -0.05) is 0 Å². The lowest BCUT2D eigenvalue weighted by Crippen LogP contribution is -2.58. The van der Waals surface area contributed by atoms with Gasteiger partial charge in [0.25, 0.3) is 0 Å². The fourth-order valence-electron chi connectivity index (χ4n) is 2.18. The van der Waals surface area contributed by atoms with E-state index in [1.807, 2.05) is 0 Å². The summed E-state index contributed by atoms with van der Waals surface area (Å²) in [4.78, 5) is 22.6. The molecule has 1 amide bonds. The van der Waals surface area contributed by atoms with Crippen molar-refractivity contribution in [1.82, 2.24) is 10.2 Å². The van der Waals surface area contributed by atoms with Gasteiger partial charge in [-0.15, -0.1) is 0 Å². The Kier molecular flexibility index (Phi) is 5.31. The van der Waals surface area contributed by atoms with E-state index in [1.54, 1.807) is 5.32 Å². The molecular formula is C11H14F6N2O3. The van der Waals surface area contributed by atoms with Crippen molar-refractivity contribution in [2.45, 2.75) is 25.3 Å². The molecule has 1 fully saturated rings. The molecule has 1 N–H and O–H groups in total. The summed E-state index contributed by atoms with van der Waals surface area (Å²) >= 11 is 0. The van der Waals surface area contributed by atoms with Crippen molar-refractivity contribution in [3.63, 3.8) is 0 Å². The molecule has 128 valence electrons. The van der Waals surface area contributed by atoms with Crippen molar-refractivity contribution >= 4 is 11.9 Å². The highest BCUT2D eigenvalue weighted by molar-refractivity contribution is 5.87. The number of hydrogen-bond acceptors (Lipinski definition) is 4. The van der Waals surface area contributed by atoms with Crippen LogP contribution in [0.15, 0.2) is 0 Å². The summed E-state index contributed by atoms with van der Waals surface area (Å²) in [6.45, 7) is -2.68. The van der Waals surface area contributed by atoms with Crippen LogP contribution in [0, 0.1) is 5.41 Å². The number of carbonyl (C=O) groups is 2. The van der Waals surface area contributed by atoms with Gasteiger partial charge < -0.3 is 10.1 Å². The predicted molar refractivity (Wildman–Crippen MR) is 60.4 cm³/mol. The fraction of sp³-hybridized carbons (Fsp3) is 0.818. The molecule has 0 aromatic heterocycles. The number of alkyl halides is 6. The summed E-state index contributed by atoms with van der Waals surface area (Å²) in [5.74, 6) is -2.48. The summed E-state index contributed by atoms with van der Waals surface area (Å²) in [5, 5.41) is 1.77. The molecule has 0 saturated carbocycles. The van der Waals surface area contributed by atoms with E-state index in [1.165, 1.54) is 0 Å². The third-order valence-electron chi connectivity index (χ3n) is 3.57. The maximum absolute atomic E-state index is 13.2. The number of methoxy groups -OCH3 is 1. The number of esters is 1. The zero-order valence-corrected chi connectivity index (χ0v) is 11.5. The molecule has 0 aliphatic carbocycles. The van der Waals surface area contributed by atoms with Crippen molar-refractivity contribution in [1.29, 1.82) is 0 Å². The average Bonchev–Trinajstić information content (AvgIpc) is 2.42. The first kappa shape index (κ1) is 18.5. The maximum Gasteiger partial charge on any atom is 0.459 e. The second kappa shape index (κ2) is 6.31. The van der Waals surface area contributed by atoms with E-state index >= 15 is 0 Å². The Bertz CT molecular complexity index is 427. The summed E-state index contributed by atoms with van der Waals surface area (Å²) in [6.07, 6.45) is -11.9. The highest BCUT2D eigenvalue weighted by Gasteiger charge is 2.62. The first-order chi connectivity index (χ1) is 9.94. The lowest BCUT2D eigenvalue weighted by molar-refractivity contribution is -0.278. The molecule has 0 unspecified atom stereocenters. The Morgan fingerprint density at radius 2 is 1.64 bits per heavy atom. The number of hydrogen-bond donors (Lipinski definition) is 1. The number of rotatable bonds is 3. The molecule has 1 aliphatic rings. The van der Waals surface area contributed by atoms with E-state index in [0.29, 0.717) is 0 Å². The second-order valence-corrected chi connectivity index (χ2v) is 4.79. The number of nitrogens with zero attached hydrogens (tertiary/aromatic N) is 1. The highest BCUT2D eigenvalue weighted by atomic mass is 19.4. The van der Waals surface area contributed by atoms with Crippen molar-refractivity contribution in [3.05, 3.63) is 0 Å². The first-order valence-electron chi connectivity index (χ1n) is 6.17. The first-order valence-corrected chi connectivity index (χ1v) is 6.17. The van der Waals surface area contributed by atoms with Gasteiger partial charge in [0.15, 0.2) is 0 Å². The lowest BCUT2D eigenvalue weighted by Gasteiger charge is -2.41. The number of piperidine rings is 1. The van der Waals surface area contributed by atoms with Gasteiger partial charge in [-0.3, -0.25) is 9.59 Å². The molecule has 1 rings (SSSR count). The van der Waals surface area contributed by atoms with Gasteiger partial charge in [-0.2, -0.15) is 26.3 Å². The van der Waals surface area contributed by atoms with Gasteiger partial charge in [-0.25, -0.2) is 4.90 Å². The molecule has 22 heavy (non-hydrogen) atoms. The van der Waals surface area contributed by atoms with Crippen LogP contribution in [-0.2, 0) is 14.3 Å². The second-order valence-electron chi connectivity index (χ2n) is 4.79. The molecule has 0 aromatic carbocycles. The zero-order chi connectivity index (χ0) is 17.2. The lowest BCUT2D eigenvalue weighted by atomic mass is 9.76. The molecule has 1 heterocycles. The van der Waals surface area contributed by atoms with Crippen molar-refractivity contribution in [2.75, 3.05) is 26.7 Å². The smallest absolute Gasteiger partial charge is 0.459 e. The average molecular weight is 336 g/mol. The topological polar surface area (TPSA) is 58.6 Å². The van der Waals surface area contributed by atoms with Crippen LogP contribution in [0.1, 0.15) is 12.8 Å². The fourth-order valence-corrected chi connectivity index (χ4v) is 2.18. The van der Waals surface area contributed by atoms with Crippen LogP contribution in [0.25, 0.3) is 0 Å². The third kappa shape index (κ3) is 3.81. The molecule has 0 spiro atoms. The Hall–Kier alpha value is -1.52. The van der Waals surface area contributed by atoms with E-state index in [-0.39, 0.29) is 4.90 Å². The number of ether oxygens (including phenoxy) is 1. The predicted octanol–water partition coefficient (Wildman–Crippen LogP) is 1.44. The molecule has 0 atom stereocenters.